The van der Waals surface area contributed by atoms with Gasteiger partial charge in [-0.25, -0.2) is 0 Å². The number of halogens is 3. The highest BCUT2D eigenvalue weighted by atomic mass is 19.4. The molecule has 1 aliphatic rings. The lowest BCUT2D eigenvalue weighted by atomic mass is 10.1. The number of fused-ring (bicyclic) bond motifs is 1. The molecule has 5 nitrogen and oxygen atoms in total. The molecule has 0 saturated carbocycles. The summed E-state index contributed by atoms with van der Waals surface area (Å²) < 4.78 is 46.5. The highest BCUT2D eigenvalue weighted by Gasteiger charge is 2.30. The van der Waals surface area contributed by atoms with E-state index >= 15 is 0 Å². The Morgan fingerprint density at radius 3 is 2.20 bits per heavy atom. The number of carbonyl (C=O) groups excluding carboxylic acids is 1. The van der Waals surface area contributed by atoms with E-state index in [1.807, 2.05) is 40.7 Å². The van der Waals surface area contributed by atoms with E-state index in [0.717, 1.165) is 37.3 Å². The Hall–Kier alpha value is -3.52. The number of furan rings is 1. The van der Waals surface area contributed by atoms with Gasteiger partial charge < -0.3 is 13.9 Å². The quantitative estimate of drug-likeness (QED) is 0.374. The van der Waals surface area contributed by atoms with Crippen LogP contribution >= 0.6 is 0 Å². The fourth-order valence-corrected chi connectivity index (χ4v) is 4.61. The summed E-state index contributed by atoms with van der Waals surface area (Å²) in [6, 6.07) is 18.9. The first-order valence-electron chi connectivity index (χ1n) is 11.6. The van der Waals surface area contributed by atoms with Crippen molar-refractivity contribution in [3.8, 4) is 0 Å². The minimum Gasteiger partial charge on any atom is -0.460 e. The zero-order chi connectivity index (χ0) is 24.6. The third-order valence-electron chi connectivity index (χ3n) is 6.46. The first-order chi connectivity index (χ1) is 16.8. The van der Waals surface area contributed by atoms with Gasteiger partial charge in [0.15, 0.2) is 5.58 Å². The molecule has 4 aromatic rings. The van der Waals surface area contributed by atoms with Gasteiger partial charge in [-0.1, -0.05) is 42.5 Å². The second kappa shape index (κ2) is 9.26. The van der Waals surface area contributed by atoms with Gasteiger partial charge in [0.25, 0.3) is 5.91 Å². The average molecular weight is 482 g/mol. The van der Waals surface area contributed by atoms with E-state index in [9.17, 15) is 18.0 Å². The van der Waals surface area contributed by atoms with Crippen LogP contribution in [0.1, 0.15) is 32.9 Å². The molecule has 0 aliphatic carbocycles. The number of carbonyl (C=O) groups is 1. The number of piperazine rings is 1. The van der Waals surface area contributed by atoms with Crippen molar-refractivity contribution in [3.05, 3.63) is 94.9 Å². The van der Waals surface area contributed by atoms with Crippen LogP contribution in [0.4, 0.5) is 13.2 Å². The molecule has 1 saturated heterocycles. The number of aryl methyl sites for hydroxylation is 1. The van der Waals surface area contributed by atoms with Crippen LogP contribution in [-0.4, -0.2) is 46.5 Å². The van der Waals surface area contributed by atoms with Crippen LogP contribution in [-0.2, 0) is 19.3 Å². The van der Waals surface area contributed by atoms with Crippen molar-refractivity contribution < 1.29 is 22.4 Å². The van der Waals surface area contributed by atoms with Crippen molar-refractivity contribution in [2.24, 2.45) is 0 Å². The maximum Gasteiger partial charge on any atom is 0.416 e. The topological polar surface area (TPSA) is 41.6 Å². The zero-order valence-electron chi connectivity index (χ0n) is 19.4. The molecule has 8 heteroatoms. The SMILES string of the molecule is Cc1cc2c(cc(C(=O)N3CCN(Cc4ccccc4)CC3)n2Cc2ccc(C(F)(F)F)cc2)o1. The lowest BCUT2D eigenvalue weighted by Gasteiger charge is -2.35. The number of rotatable bonds is 5. The second-order valence-electron chi connectivity index (χ2n) is 8.97. The van der Waals surface area contributed by atoms with E-state index in [-0.39, 0.29) is 12.5 Å². The Morgan fingerprint density at radius 1 is 0.886 bits per heavy atom. The summed E-state index contributed by atoms with van der Waals surface area (Å²) in [5.74, 6) is 0.616. The van der Waals surface area contributed by atoms with Gasteiger partial charge in [-0.2, -0.15) is 13.2 Å². The fourth-order valence-electron chi connectivity index (χ4n) is 4.61. The maximum atomic E-state index is 13.5. The minimum atomic E-state index is -4.38. The smallest absolute Gasteiger partial charge is 0.416 e. The number of alkyl halides is 3. The Labute approximate surface area is 201 Å². The zero-order valence-corrected chi connectivity index (χ0v) is 19.4. The van der Waals surface area contributed by atoms with Crippen molar-refractivity contribution in [1.29, 1.82) is 0 Å². The summed E-state index contributed by atoms with van der Waals surface area (Å²) in [5, 5.41) is 0. The lowest BCUT2D eigenvalue weighted by Crippen LogP contribution is -2.48. The fraction of sp³-hybridized carbons (Fsp3) is 0.296. The monoisotopic (exact) mass is 481 g/mol. The lowest BCUT2D eigenvalue weighted by molar-refractivity contribution is -0.137. The molecule has 0 unspecified atom stereocenters. The molecule has 1 amide bonds. The van der Waals surface area contributed by atoms with Crippen LogP contribution in [0.5, 0.6) is 0 Å². The van der Waals surface area contributed by atoms with Crippen molar-refractivity contribution >= 4 is 17.0 Å². The average Bonchev–Trinajstić information content (AvgIpc) is 3.36. The molecule has 1 aliphatic heterocycles. The van der Waals surface area contributed by atoms with Crippen molar-refractivity contribution in [2.75, 3.05) is 26.2 Å². The maximum absolute atomic E-state index is 13.5. The van der Waals surface area contributed by atoms with E-state index < -0.39 is 11.7 Å². The van der Waals surface area contributed by atoms with Gasteiger partial charge in [0.05, 0.1) is 11.1 Å². The first-order valence-corrected chi connectivity index (χ1v) is 11.6. The number of aromatic nitrogens is 1. The summed E-state index contributed by atoms with van der Waals surface area (Å²) in [5.41, 5.74) is 3.07. The van der Waals surface area contributed by atoms with E-state index in [2.05, 4.69) is 17.0 Å². The van der Waals surface area contributed by atoms with Gasteiger partial charge in [-0.15, -0.1) is 0 Å². The van der Waals surface area contributed by atoms with Gasteiger partial charge in [0.1, 0.15) is 11.5 Å². The predicted molar refractivity (Wildman–Crippen MR) is 127 cm³/mol. The molecule has 1 fully saturated rings. The van der Waals surface area contributed by atoms with Gasteiger partial charge >= 0.3 is 6.18 Å². The largest absolute Gasteiger partial charge is 0.460 e. The summed E-state index contributed by atoms with van der Waals surface area (Å²) >= 11 is 0. The van der Waals surface area contributed by atoms with Crippen LogP contribution < -0.4 is 0 Å². The molecule has 0 radical (unpaired) electrons. The van der Waals surface area contributed by atoms with Gasteiger partial charge in [-0.3, -0.25) is 9.69 Å². The van der Waals surface area contributed by atoms with Crippen LogP contribution in [0.25, 0.3) is 11.1 Å². The van der Waals surface area contributed by atoms with Gasteiger partial charge in [-0.05, 0) is 30.2 Å². The molecule has 0 N–H and O–H groups in total. The number of hydrogen-bond donors (Lipinski definition) is 0. The van der Waals surface area contributed by atoms with Crippen LogP contribution in [0.15, 0.2) is 71.1 Å². The Kier molecular flexibility index (Phi) is 6.15. The molecule has 2 aromatic heterocycles. The molecule has 0 atom stereocenters. The van der Waals surface area contributed by atoms with E-state index in [4.69, 9.17) is 4.42 Å². The molecule has 5 rings (SSSR count). The normalized spacial score (nSPS) is 15.1. The standard InChI is InChI=1S/C27H26F3N3O2/c1-19-15-23-25(35-19)16-24(33(23)18-21-7-9-22(10-8-21)27(28,29)30)26(34)32-13-11-31(12-14-32)17-20-5-3-2-4-6-20/h2-10,15-16H,11-14,17-18H2,1H3. The van der Waals surface area contributed by atoms with Crippen LogP contribution in [0.2, 0.25) is 0 Å². The highest BCUT2D eigenvalue weighted by Crippen LogP contribution is 2.30. The summed E-state index contributed by atoms with van der Waals surface area (Å²) in [6.45, 7) is 5.71. The van der Waals surface area contributed by atoms with E-state index in [1.165, 1.54) is 17.7 Å². The van der Waals surface area contributed by atoms with Crippen molar-refractivity contribution in [2.45, 2.75) is 26.2 Å². The number of benzene rings is 2. The Balaban J connectivity index is 1.34. The van der Waals surface area contributed by atoms with E-state index in [1.54, 1.807) is 6.07 Å². The van der Waals surface area contributed by atoms with Crippen LogP contribution in [0, 0.1) is 6.92 Å². The summed E-state index contributed by atoms with van der Waals surface area (Å²) in [7, 11) is 0. The summed E-state index contributed by atoms with van der Waals surface area (Å²) in [6.07, 6.45) is -4.38. The minimum absolute atomic E-state index is 0.0969. The predicted octanol–water partition coefficient (Wildman–Crippen LogP) is 5.57. The van der Waals surface area contributed by atoms with Crippen molar-refractivity contribution in [3.63, 3.8) is 0 Å². The number of hydrogen-bond acceptors (Lipinski definition) is 3. The first kappa shape index (κ1) is 23.2. The molecule has 2 aromatic carbocycles. The van der Waals surface area contributed by atoms with Gasteiger partial charge in [0, 0.05) is 51.4 Å². The second-order valence-corrected chi connectivity index (χ2v) is 8.97. The third-order valence-corrected chi connectivity index (χ3v) is 6.46. The molecular weight excluding hydrogens is 455 g/mol. The summed E-state index contributed by atoms with van der Waals surface area (Å²) in [4.78, 5) is 17.7. The van der Waals surface area contributed by atoms with Gasteiger partial charge in [0.2, 0.25) is 0 Å². The van der Waals surface area contributed by atoms with Crippen LogP contribution in [0.3, 0.4) is 0 Å². The molecule has 0 bridgehead atoms. The molecule has 0 spiro atoms. The Bertz CT molecular complexity index is 1320. The molecule has 182 valence electrons. The van der Waals surface area contributed by atoms with E-state index in [0.29, 0.717) is 35.7 Å². The third kappa shape index (κ3) is 4.98. The molecule has 3 heterocycles. The Morgan fingerprint density at radius 2 is 1.54 bits per heavy atom. The number of amides is 1. The highest BCUT2D eigenvalue weighted by molar-refractivity contribution is 5.97. The van der Waals surface area contributed by atoms with Crippen molar-refractivity contribution in [1.82, 2.24) is 14.4 Å². The number of nitrogens with zero attached hydrogens (tertiary/aromatic N) is 3. The molecule has 35 heavy (non-hydrogen) atoms. The molecular formula is C27H26F3N3O2.